The van der Waals surface area contributed by atoms with Gasteiger partial charge < -0.3 is 4.90 Å². The molecule has 1 amide bonds. The predicted octanol–water partition coefficient (Wildman–Crippen LogP) is 7.92. The molecule has 3 rings (SSSR count). The number of hydrogen-bond donors (Lipinski definition) is 0. The van der Waals surface area contributed by atoms with E-state index in [0.29, 0.717) is 18.0 Å². The van der Waals surface area contributed by atoms with Crippen molar-refractivity contribution in [2.45, 2.75) is 77.0 Å². The first-order chi connectivity index (χ1) is 16.0. The van der Waals surface area contributed by atoms with Crippen LogP contribution in [0.5, 0.6) is 0 Å². The third-order valence-corrected chi connectivity index (χ3v) is 7.30. The molecule has 33 heavy (non-hydrogen) atoms. The Bertz CT molecular complexity index is 896. The van der Waals surface area contributed by atoms with Crippen molar-refractivity contribution in [1.29, 1.82) is 0 Å². The summed E-state index contributed by atoms with van der Waals surface area (Å²) in [7, 11) is 1.79. The van der Waals surface area contributed by atoms with Gasteiger partial charge in [0.15, 0.2) is 0 Å². The lowest BCUT2D eigenvalue weighted by Gasteiger charge is -2.29. The standard InChI is InChI=1S/C30H40FNO/c1-4-6-7-9-23-11-15-25(16-12-23)27-19-20-28(29(31)22-27)26-17-13-24(14-18-26)10-8-21-32(3)30(33)5-2/h5,13-14,17-20,22-23,25H,2,4,6-12,15-16,21H2,1,3H3. The van der Waals surface area contributed by atoms with Crippen molar-refractivity contribution in [3.05, 3.63) is 72.1 Å². The molecular formula is C30H40FNO. The molecule has 1 saturated carbocycles. The summed E-state index contributed by atoms with van der Waals surface area (Å²) in [5.74, 6) is 1.21. The third-order valence-electron chi connectivity index (χ3n) is 7.30. The van der Waals surface area contributed by atoms with Crippen molar-refractivity contribution in [3.8, 4) is 11.1 Å². The normalized spacial score (nSPS) is 18.2. The molecule has 2 aromatic rings. The number of likely N-dealkylation sites (N-methyl/N-ethyl adjacent to an activating group) is 1. The smallest absolute Gasteiger partial charge is 0.245 e. The molecule has 0 saturated heterocycles. The summed E-state index contributed by atoms with van der Waals surface area (Å²) in [5, 5.41) is 0. The summed E-state index contributed by atoms with van der Waals surface area (Å²) < 4.78 is 15.0. The Balaban J connectivity index is 1.53. The fourth-order valence-corrected chi connectivity index (χ4v) is 5.12. The van der Waals surface area contributed by atoms with Gasteiger partial charge in [0, 0.05) is 19.2 Å². The minimum atomic E-state index is -0.116. The van der Waals surface area contributed by atoms with Crippen LogP contribution in [0.25, 0.3) is 11.1 Å². The highest BCUT2D eigenvalue weighted by Crippen LogP contribution is 2.39. The van der Waals surface area contributed by atoms with Crippen molar-refractivity contribution < 1.29 is 9.18 Å². The number of unbranched alkanes of at least 4 members (excludes halogenated alkanes) is 2. The van der Waals surface area contributed by atoms with Crippen LogP contribution < -0.4 is 0 Å². The lowest BCUT2D eigenvalue weighted by molar-refractivity contribution is -0.124. The molecule has 1 aliphatic carbocycles. The highest BCUT2D eigenvalue weighted by molar-refractivity contribution is 5.86. The molecule has 0 spiro atoms. The molecule has 0 unspecified atom stereocenters. The Morgan fingerprint density at radius 1 is 1.06 bits per heavy atom. The summed E-state index contributed by atoms with van der Waals surface area (Å²) >= 11 is 0. The van der Waals surface area contributed by atoms with E-state index in [4.69, 9.17) is 0 Å². The molecule has 0 heterocycles. The molecule has 0 atom stereocenters. The molecular weight excluding hydrogens is 409 g/mol. The van der Waals surface area contributed by atoms with E-state index < -0.39 is 0 Å². The highest BCUT2D eigenvalue weighted by Gasteiger charge is 2.23. The monoisotopic (exact) mass is 449 g/mol. The largest absolute Gasteiger partial charge is 0.342 e. The van der Waals surface area contributed by atoms with Crippen LogP contribution >= 0.6 is 0 Å². The SMILES string of the molecule is C=CC(=O)N(C)CCCc1ccc(-c2ccc(C3CCC(CCCCC)CC3)cc2F)cc1. The quantitative estimate of drug-likeness (QED) is 0.252. The summed E-state index contributed by atoms with van der Waals surface area (Å²) in [6, 6.07) is 14.0. The third kappa shape index (κ3) is 7.28. The number of benzene rings is 2. The van der Waals surface area contributed by atoms with Crippen LogP contribution in [0.2, 0.25) is 0 Å². The van der Waals surface area contributed by atoms with Gasteiger partial charge in [0.25, 0.3) is 0 Å². The number of carbonyl (C=O) groups is 1. The maximum Gasteiger partial charge on any atom is 0.245 e. The molecule has 2 nitrogen and oxygen atoms in total. The van der Waals surface area contributed by atoms with E-state index in [1.807, 2.05) is 18.2 Å². The van der Waals surface area contributed by atoms with Gasteiger partial charge in [-0.2, -0.15) is 0 Å². The van der Waals surface area contributed by atoms with E-state index in [1.165, 1.54) is 63.0 Å². The first-order valence-corrected chi connectivity index (χ1v) is 12.8. The Morgan fingerprint density at radius 2 is 1.79 bits per heavy atom. The number of aryl methyl sites for hydroxylation is 1. The van der Waals surface area contributed by atoms with Crippen molar-refractivity contribution in [1.82, 2.24) is 4.90 Å². The predicted molar refractivity (Wildman–Crippen MR) is 137 cm³/mol. The van der Waals surface area contributed by atoms with E-state index >= 15 is 4.39 Å². The van der Waals surface area contributed by atoms with Gasteiger partial charge >= 0.3 is 0 Å². The van der Waals surface area contributed by atoms with Crippen molar-refractivity contribution >= 4 is 5.91 Å². The van der Waals surface area contributed by atoms with Crippen LogP contribution in [-0.2, 0) is 11.2 Å². The zero-order valence-electron chi connectivity index (χ0n) is 20.5. The topological polar surface area (TPSA) is 20.3 Å². The van der Waals surface area contributed by atoms with Gasteiger partial charge in [0.05, 0.1) is 0 Å². The zero-order chi connectivity index (χ0) is 23.6. The number of nitrogens with zero attached hydrogens (tertiary/aromatic N) is 1. The number of carbonyl (C=O) groups excluding carboxylic acids is 1. The average molecular weight is 450 g/mol. The number of rotatable bonds is 11. The van der Waals surface area contributed by atoms with Gasteiger partial charge in [-0.25, -0.2) is 4.39 Å². The molecule has 2 aromatic carbocycles. The van der Waals surface area contributed by atoms with Crippen molar-refractivity contribution in [2.24, 2.45) is 5.92 Å². The van der Waals surface area contributed by atoms with Gasteiger partial charge in [0.1, 0.15) is 5.82 Å². The Morgan fingerprint density at radius 3 is 2.42 bits per heavy atom. The maximum absolute atomic E-state index is 15.0. The van der Waals surface area contributed by atoms with Gasteiger partial charge in [-0.15, -0.1) is 0 Å². The molecule has 0 bridgehead atoms. The second-order valence-electron chi connectivity index (χ2n) is 9.72. The zero-order valence-corrected chi connectivity index (χ0v) is 20.5. The van der Waals surface area contributed by atoms with Crippen LogP contribution in [0.4, 0.5) is 4.39 Å². The lowest BCUT2D eigenvalue weighted by atomic mass is 9.77. The fourth-order valence-electron chi connectivity index (χ4n) is 5.12. The second-order valence-corrected chi connectivity index (χ2v) is 9.72. The van der Waals surface area contributed by atoms with E-state index in [9.17, 15) is 4.79 Å². The van der Waals surface area contributed by atoms with E-state index in [-0.39, 0.29) is 11.7 Å². The van der Waals surface area contributed by atoms with Crippen LogP contribution in [0.1, 0.15) is 81.8 Å². The first kappa shape index (κ1) is 25.2. The summed E-state index contributed by atoms with van der Waals surface area (Å²) in [4.78, 5) is 13.2. The van der Waals surface area contributed by atoms with Crippen LogP contribution in [0, 0.1) is 11.7 Å². The van der Waals surface area contributed by atoms with Gasteiger partial charge in [0.2, 0.25) is 5.91 Å². The Kier molecular flexibility index (Phi) is 9.72. The molecule has 3 heteroatoms. The van der Waals surface area contributed by atoms with E-state index in [1.54, 1.807) is 18.0 Å². The first-order valence-electron chi connectivity index (χ1n) is 12.8. The molecule has 1 aliphatic rings. The molecule has 0 radical (unpaired) electrons. The fraction of sp³-hybridized carbons (Fsp3) is 0.500. The molecule has 178 valence electrons. The lowest BCUT2D eigenvalue weighted by Crippen LogP contribution is -2.25. The Labute approximate surface area is 199 Å². The molecule has 0 aliphatic heterocycles. The number of halogens is 1. The molecule has 0 aromatic heterocycles. The van der Waals surface area contributed by atoms with E-state index in [2.05, 4.69) is 31.7 Å². The minimum Gasteiger partial charge on any atom is -0.342 e. The molecule has 0 N–H and O–H groups in total. The van der Waals surface area contributed by atoms with Crippen LogP contribution in [-0.4, -0.2) is 24.4 Å². The maximum atomic E-state index is 15.0. The van der Waals surface area contributed by atoms with E-state index in [0.717, 1.165) is 29.9 Å². The van der Waals surface area contributed by atoms with Crippen molar-refractivity contribution in [2.75, 3.05) is 13.6 Å². The number of hydrogen-bond acceptors (Lipinski definition) is 1. The van der Waals surface area contributed by atoms with Gasteiger partial charge in [-0.3, -0.25) is 4.79 Å². The average Bonchev–Trinajstić information content (AvgIpc) is 2.84. The van der Waals surface area contributed by atoms with Crippen LogP contribution in [0.3, 0.4) is 0 Å². The van der Waals surface area contributed by atoms with Gasteiger partial charge in [-0.05, 0) is 79.2 Å². The summed E-state index contributed by atoms with van der Waals surface area (Å²) in [6.07, 6.45) is 13.4. The van der Waals surface area contributed by atoms with Crippen LogP contribution in [0.15, 0.2) is 55.1 Å². The minimum absolute atomic E-state index is 0.0516. The number of amides is 1. The second kappa shape index (κ2) is 12.7. The summed E-state index contributed by atoms with van der Waals surface area (Å²) in [6.45, 7) is 6.48. The van der Waals surface area contributed by atoms with Gasteiger partial charge in [-0.1, -0.05) is 75.6 Å². The highest BCUT2D eigenvalue weighted by atomic mass is 19.1. The molecule has 1 fully saturated rings. The summed E-state index contributed by atoms with van der Waals surface area (Å²) in [5.41, 5.74) is 3.96. The Hall–Kier alpha value is -2.42. The van der Waals surface area contributed by atoms with Crippen molar-refractivity contribution in [3.63, 3.8) is 0 Å².